The van der Waals surface area contributed by atoms with Gasteiger partial charge in [-0.3, -0.25) is 9.59 Å². The number of carbonyl (C=O) groups is 2. The predicted octanol–water partition coefficient (Wildman–Crippen LogP) is 7.51. The second-order valence-corrected chi connectivity index (χ2v) is 11.7. The van der Waals surface area contributed by atoms with Crippen LogP contribution in [0.1, 0.15) is 66.5 Å². The summed E-state index contributed by atoms with van der Waals surface area (Å²) in [6, 6.07) is 23.5. The summed E-state index contributed by atoms with van der Waals surface area (Å²) in [6.07, 6.45) is 5.82. The summed E-state index contributed by atoms with van der Waals surface area (Å²) in [6.45, 7) is 6.10. The van der Waals surface area contributed by atoms with Crippen LogP contribution in [0.3, 0.4) is 0 Å². The SMILES string of the molecule is Cc1ccc(NC(=O)c2c(-n3c(C)cc(/C=N\NC(=O)c4ccc5ccccc5c4)c3C)sc3c2CCCC3)cc1. The molecule has 7 heteroatoms. The molecule has 0 saturated heterocycles. The third-order valence-electron chi connectivity index (χ3n) is 7.74. The fraction of sp³-hybridized carbons (Fsp3) is 0.206. The number of nitrogens with one attached hydrogen (secondary N) is 2. The molecule has 206 valence electrons. The molecule has 0 aliphatic heterocycles. The maximum atomic E-state index is 13.7. The molecule has 0 radical (unpaired) electrons. The first kappa shape index (κ1) is 26.7. The van der Waals surface area contributed by atoms with Crippen LogP contribution in [-0.4, -0.2) is 22.6 Å². The van der Waals surface area contributed by atoms with E-state index in [1.165, 1.54) is 10.4 Å². The molecule has 2 aromatic heterocycles. The van der Waals surface area contributed by atoms with Gasteiger partial charge in [0.05, 0.1) is 11.8 Å². The zero-order chi connectivity index (χ0) is 28.5. The molecule has 0 spiro atoms. The molecule has 0 saturated carbocycles. The summed E-state index contributed by atoms with van der Waals surface area (Å²) < 4.78 is 2.15. The summed E-state index contributed by atoms with van der Waals surface area (Å²) in [7, 11) is 0. The van der Waals surface area contributed by atoms with E-state index in [2.05, 4.69) is 20.4 Å². The van der Waals surface area contributed by atoms with E-state index < -0.39 is 0 Å². The van der Waals surface area contributed by atoms with Crippen molar-refractivity contribution >= 4 is 45.8 Å². The van der Waals surface area contributed by atoms with E-state index >= 15 is 0 Å². The number of benzene rings is 3. The lowest BCUT2D eigenvalue weighted by molar-refractivity contribution is 0.0954. The van der Waals surface area contributed by atoms with Gasteiger partial charge in [-0.05, 0) is 93.1 Å². The van der Waals surface area contributed by atoms with Crippen molar-refractivity contribution in [3.05, 3.63) is 117 Å². The number of rotatable bonds is 6. The van der Waals surface area contributed by atoms with Gasteiger partial charge < -0.3 is 9.88 Å². The Labute approximate surface area is 243 Å². The number of hydrazone groups is 1. The van der Waals surface area contributed by atoms with Gasteiger partial charge in [0, 0.05) is 33.1 Å². The molecule has 2 amide bonds. The van der Waals surface area contributed by atoms with Crippen LogP contribution in [0.25, 0.3) is 15.8 Å². The lowest BCUT2D eigenvalue weighted by Crippen LogP contribution is -2.17. The first-order chi connectivity index (χ1) is 19.9. The van der Waals surface area contributed by atoms with Crippen molar-refractivity contribution in [3.63, 3.8) is 0 Å². The first-order valence-electron chi connectivity index (χ1n) is 13.9. The summed E-state index contributed by atoms with van der Waals surface area (Å²) in [5, 5.41) is 10.4. The Bertz CT molecular complexity index is 1810. The maximum absolute atomic E-state index is 13.7. The molecule has 1 aliphatic carbocycles. The number of aryl methyl sites for hydroxylation is 3. The monoisotopic (exact) mass is 560 g/mol. The van der Waals surface area contributed by atoms with Crippen LogP contribution >= 0.6 is 11.3 Å². The van der Waals surface area contributed by atoms with Crippen molar-refractivity contribution in [2.24, 2.45) is 5.10 Å². The highest BCUT2D eigenvalue weighted by Crippen LogP contribution is 2.39. The number of carbonyl (C=O) groups excluding carboxylic acids is 2. The number of nitrogens with zero attached hydrogens (tertiary/aromatic N) is 2. The number of fused-ring (bicyclic) bond motifs is 2. The maximum Gasteiger partial charge on any atom is 0.271 e. The zero-order valence-corrected chi connectivity index (χ0v) is 24.3. The van der Waals surface area contributed by atoms with Gasteiger partial charge in [0.15, 0.2) is 0 Å². The van der Waals surface area contributed by atoms with Crippen LogP contribution in [0, 0.1) is 20.8 Å². The lowest BCUT2D eigenvalue weighted by atomic mass is 9.95. The number of thiophene rings is 1. The largest absolute Gasteiger partial charge is 0.322 e. The van der Waals surface area contributed by atoms with Gasteiger partial charge in [0.2, 0.25) is 0 Å². The minimum absolute atomic E-state index is 0.0754. The molecule has 1 aliphatic rings. The Morgan fingerprint density at radius 3 is 2.44 bits per heavy atom. The topological polar surface area (TPSA) is 75.5 Å². The van der Waals surface area contributed by atoms with Gasteiger partial charge in [0.1, 0.15) is 5.00 Å². The van der Waals surface area contributed by atoms with Crippen molar-refractivity contribution in [2.45, 2.75) is 46.5 Å². The third kappa shape index (κ3) is 5.33. The molecular weight excluding hydrogens is 528 g/mol. The standard InChI is InChI=1S/C34H32N4O2S/c1-21-12-16-28(17-13-21)36-33(40)31-29-10-6-7-11-30(29)41-34(31)38-22(2)18-27(23(38)3)20-35-37-32(39)26-15-14-24-8-4-5-9-25(24)19-26/h4-5,8-9,12-20H,6-7,10-11H2,1-3H3,(H,36,40)(H,37,39)/b35-20-. The van der Waals surface area contributed by atoms with E-state index in [4.69, 9.17) is 0 Å². The molecule has 0 fully saturated rings. The smallest absolute Gasteiger partial charge is 0.271 e. The highest BCUT2D eigenvalue weighted by molar-refractivity contribution is 7.15. The van der Waals surface area contributed by atoms with E-state index in [9.17, 15) is 9.59 Å². The second-order valence-electron chi connectivity index (χ2n) is 10.6. The molecule has 6 nitrogen and oxygen atoms in total. The molecule has 3 aromatic carbocycles. The van der Waals surface area contributed by atoms with Crippen LogP contribution in [0.4, 0.5) is 5.69 Å². The van der Waals surface area contributed by atoms with E-state index in [-0.39, 0.29) is 11.8 Å². The minimum Gasteiger partial charge on any atom is -0.322 e. The normalized spacial score (nSPS) is 13.0. The Morgan fingerprint density at radius 1 is 0.878 bits per heavy atom. The average molecular weight is 561 g/mol. The summed E-state index contributed by atoms with van der Waals surface area (Å²) in [5.41, 5.74) is 9.96. The number of anilines is 1. The fourth-order valence-electron chi connectivity index (χ4n) is 5.56. The van der Waals surface area contributed by atoms with Gasteiger partial charge in [-0.25, -0.2) is 5.43 Å². The van der Waals surface area contributed by atoms with Crippen LogP contribution in [-0.2, 0) is 12.8 Å². The highest BCUT2D eigenvalue weighted by Gasteiger charge is 2.28. The van der Waals surface area contributed by atoms with E-state index in [0.717, 1.165) is 75.2 Å². The molecule has 2 N–H and O–H groups in total. The Hall–Kier alpha value is -4.49. The van der Waals surface area contributed by atoms with Gasteiger partial charge in [-0.1, -0.05) is 48.0 Å². The molecule has 2 heterocycles. The van der Waals surface area contributed by atoms with Crippen molar-refractivity contribution in [1.82, 2.24) is 9.99 Å². The second kappa shape index (κ2) is 11.2. The average Bonchev–Trinajstić information content (AvgIpc) is 3.49. The summed E-state index contributed by atoms with van der Waals surface area (Å²) in [5.74, 6) is -0.338. The molecule has 0 bridgehead atoms. The van der Waals surface area contributed by atoms with Crippen LogP contribution in [0.2, 0.25) is 0 Å². The molecule has 6 rings (SSSR count). The molecule has 0 atom stereocenters. The summed E-state index contributed by atoms with van der Waals surface area (Å²) >= 11 is 1.71. The lowest BCUT2D eigenvalue weighted by Gasteiger charge is -2.14. The minimum atomic E-state index is -0.262. The Balaban J connectivity index is 1.28. The first-order valence-corrected chi connectivity index (χ1v) is 14.7. The van der Waals surface area contributed by atoms with Crippen LogP contribution in [0.15, 0.2) is 77.9 Å². The Kier molecular flexibility index (Phi) is 7.28. The number of hydrogen-bond donors (Lipinski definition) is 2. The highest BCUT2D eigenvalue weighted by atomic mass is 32.1. The van der Waals surface area contributed by atoms with Crippen molar-refractivity contribution in [1.29, 1.82) is 0 Å². The van der Waals surface area contributed by atoms with E-state index in [0.29, 0.717) is 5.56 Å². The molecule has 41 heavy (non-hydrogen) atoms. The van der Waals surface area contributed by atoms with Gasteiger partial charge in [0.25, 0.3) is 11.8 Å². The van der Waals surface area contributed by atoms with Gasteiger partial charge >= 0.3 is 0 Å². The Morgan fingerprint density at radius 2 is 1.63 bits per heavy atom. The quantitative estimate of drug-likeness (QED) is 0.167. The summed E-state index contributed by atoms with van der Waals surface area (Å²) in [4.78, 5) is 27.8. The van der Waals surface area contributed by atoms with Crippen molar-refractivity contribution in [2.75, 3.05) is 5.32 Å². The molecule has 5 aromatic rings. The number of amides is 2. The van der Waals surface area contributed by atoms with Gasteiger partial charge in [-0.15, -0.1) is 11.3 Å². The predicted molar refractivity (Wildman–Crippen MR) is 168 cm³/mol. The number of aromatic nitrogens is 1. The molecule has 0 unspecified atom stereocenters. The van der Waals surface area contributed by atoms with E-state index in [1.807, 2.05) is 87.5 Å². The van der Waals surface area contributed by atoms with Crippen LogP contribution < -0.4 is 10.7 Å². The zero-order valence-electron chi connectivity index (χ0n) is 23.5. The van der Waals surface area contributed by atoms with E-state index in [1.54, 1.807) is 23.6 Å². The van der Waals surface area contributed by atoms with Crippen molar-refractivity contribution in [3.8, 4) is 5.00 Å². The van der Waals surface area contributed by atoms with Crippen LogP contribution in [0.5, 0.6) is 0 Å². The fourth-order valence-corrected chi connectivity index (χ4v) is 7.06. The van der Waals surface area contributed by atoms with Crippen molar-refractivity contribution < 1.29 is 9.59 Å². The third-order valence-corrected chi connectivity index (χ3v) is 9.02. The van der Waals surface area contributed by atoms with Gasteiger partial charge in [-0.2, -0.15) is 5.10 Å². The number of hydrogen-bond acceptors (Lipinski definition) is 4. The molecular formula is C34H32N4O2S.